The molecule has 0 unspecified atom stereocenters. The number of carbonyl (C=O) groups is 2. The van der Waals surface area contributed by atoms with E-state index in [0.717, 1.165) is 6.07 Å². The molecule has 0 bridgehead atoms. The third-order valence-corrected chi connectivity index (χ3v) is 2.73. The Kier molecular flexibility index (Phi) is 5.40. The molecule has 0 aliphatic carbocycles. The van der Waals surface area contributed by atoms with Crippen LogP contribution in [0.5, 0.6) is 5.75 Å². The largest absolute Gasteiger partial charge is 0.481 e. The molecule has 2 rings (SSSR count). The monoisotopic (exact) mass is 316 g/mol. The van der Waals surface area contributed by atoms with Crippen molar-refractivity contribution in [3.05, 3.63) is 65.5 Å². The van der Waals surface area contributed by atoms with Gasteiger partial charge in [-0.3, -0.25) is 4.79 Å². The second-order valence-corrected chi connectivity index (χ2v) is 4.43. The summed E-state index contributed by atoms with van der Waals surface area (Å²) in [5, 5.41) is 12.4. The SMILES string of the molecule is O=C(O)COc1ccccc1/C=N\NC(=O)c1cccc(F)c1. The predicted octanol–water partition coefficient (Wildman–Crippen LogP) is 2.05. The van der Waals surface area contributed by atoms with E-state index in [2.05, 4.69) is 10.5 Å². The Bertz CT molecular complexity index is 746. The van der Waals surface area contributed by atoms with Crippen molar-refractivity contribution in [2.24, 2.45) is 5.10 Å². The van der Waals surface area contributed by atoms with E-state index in [1.807, 2.05) is 0 Å². The number of nitrogens with zero attached hydrogens (tertiary/aromatic N) is 1. The molecule has 2 N–H and O–H groups in total. The Morgan fingerprint density at radius 3 is 2.74 bits per heavy atom. The molecule has 0 saturated carbocycles. The van der Waals surface area contributed by atoms with Crippen LogP contribution in [0.4, 0.5) is 4.39 Å². The third kappa shape index (κ3) is 4.92. The van der Waals surface area contributed by atoms with Crippen molar-refractivity contribution >= 4 is 18.1 Å². The Morgan fingerprint density at radius 2 is 2.00 bits per heavy atom. The molecule has 0 aliphatic rings. The molecule has 0 heterocycles. The molecule has 0 aliphatic heterocycles. The number of hydrazone groups is 1. The molecular weight excluding hydrogens is 303 g/mol. The lowest BCUT2D eigenvalue weighted by Crippen LogP contribution is -2.17. The Labute approximate surface area is 131 Å². The number of rotatable bonds is 6. The average molecular weight is 316 g/mol. The van der Waals surface area contributed by atoms with Gasteiger partial charge in [-0.1, -0.05) is 18.2 Å². The van der Waals surface area contributed by atoms with E-state index in [4.69, 9.17) is 9.84 Å². The van der Waals surface area contributed by atoms with Crippen LogP contribution in [0.15, 0.2) is 53.6 Å². The third-order valence-electron chi connectivity index (χ3n) is 2.73. The van der Waals surface area contributed by atoms with Crippen LogP contribution in [0.25, 0.3) is 0 Å². The molecule has 7 heteroatoms. The molecule has 2 aromatic rings. The maximum atomic E-state index is 13.0. The minimum Gasteiger partial charge on any atom is -0.481 e. The molecule has 6 nitrogen and oxygen atoms in total. The van der Waals surface area contributed by atoms with Crippen molar-refractivity contribution in [3.8, 4) is 5.75 Å². The number of nitrogens with one attached hydrogen (secondary N) is 1. The van der Waals surface area contributed by atoms with Crippen LogP contribution < -0.4 is 10.2 Å². The molecule has 2 aromatic carbocycles. The van der Waals surface area contributed by atoms with E-state index in [0.29, 0.717) is 11.3 Å². The van der Waals surface area contributed by atoms with Gasteiger partial charge in [-0.2, -0.15) is 5.10 Å². The first-order valence-corrected chi connectivity index (χ1v) is 6.59. The Hall–Kier alpha value is -3.22. The van der Waals surface area contributed by atoms with Gasteiger partial charge in [0.25, 0.3) is 5.91 Å². The van der Waals surface area contributed by atoms with E-state index in [1.54, 1.807) is 24.3 Å². The first-order chi connectivity index (χ1) is 11.1. The summed E-state index contributed by atoms with van der Waals surface area (Å²) >= 11 is 0. The lowest BCUT2D eigenvalue weighted by atomic mass is 10.2. The smallest absolute Gasteiger partial charge is 0.341 e. The van der Waals surface area contributed by atoms with Crippen molar-refractivity contribution in [2.45, 2.75) is 0 Å². The number of halogens is 1. The fourth-order valence-electron chi connectivity index (χ4n) is 1.71. The number of carboxylic acid groups (broad SMARTS) is 1. The molecule has 0 saturated heterocycles. The molecule has 0 atom stereocenters. The summed E-state index contributed by atoms with van der Waals surface area (Å²) in [4.78, 5) is 22.3. The lowest BCUT2D eigenvalue weighted by Gasteiger charge is -2.06. The summed E-state index contributed by atoms with van der Waals surface area (Å²) in [6, 6.07) is 11.8. The number of benzene rings is 2. The highest BCUT2D eigenvalue weighted by Gasteiger charge is 2.06. The summed E-state index contributed by atoms with van der Waals surface area (Å²) in [5.41, 5.74) is 2.89. The normalized spacial score (nSPS) is 10.5. The van der Waals surface area contributed by atoms with Gasteiger partial charge >= 0.3 is 5.97 Å². The van der Waals surface area contributed by atoms with Gasteiger partial charge in [-0.05, 0) is 30.3 Å². The minimum atomic E-state index is -1.10. The lowest BCUT2D eigenvalue weighted by molar-refractivity contribution is -0.139. The van der Waals surface area contributed by atoms with Gasteiger partial charge in [0, 0.05) is 11.1 Å². The zero-order valence-corrected chi connectivity index (χ0v) is 11.9. The number of amides is 1. The van der Waals surface area contributed by atoms with E-state index in [1.165, 1.54) is 24.4 Å². The van der Waals surface area contributed by atoms with Crippen molar-refractivity contribution in [1.82, 2.24) is 5.43 Å². The number of para-hydroxylation sites is 1. The number of ether oxygens (including phenoxy) is 1. The Balaban J connectivity index is 2.03. The number of carboxylic acids is 1. The summed E-state index contributed by atoms with van der Waals surface area (Å²) in [6.07, 6.45) is 1.31. The first kappa shape index (κ1) is 16.2. The van der Waals surface area contributed by atoms with Crippen molar-refractivity contribution in [2.75, 3.05) is 6.61 Å². The molecule has 23 heavy (non-hydrogen) atoms. The number of aliphatic carboxylic acids is 1. The van der Waals surface area contributed by atoms with Crippen LogP contribution >= 0.6 is 0 Å². The zero-order valence-electron chi connectivity index (χ0n) is 11.9. The van der Waals surface area contributed by atoms with E-state index in [-0.39, 0.29) is 5.56 Å². The van der Waals surface area contributed by atoms with Crippen molar-refractivity contribution in [3.63, 3.8) is 0 Å². The second kappa shape index (κ2) is 7.69. The molecular formula is C16H13FN2O4. The van der Waals surface area contributed by atoms with Crippen molar-refractivity contribution < 1.29 is 23.8 Å². The Morgan fingerprint density at radius 1 is 1.22 bits per heavy atom. The van der Waals surface area contributed by atoms with Crippen LogP contribution in [0.2, 0.25) is 0 Å². The van der Waals surface area contributed by atoms with Crippen LogP contribution in [-0.4, -0.2) is 29.8 Å². The molecule has 0 spiro atoms. The van der Waals surface area contributed by atoms with E-state index >= 15 is 0 Å². The molecule has 0 aromatic heterocycles. The second-order valence-electron chi connectivity index (χ2n) is 4.43. The zero-order chi connectivity index (χ0) is 16.7. The summed E-state index contributed by atoms with van der Waals surface area (Å²) in [7, 11) is 0. The fourth-order valence-corrected chi connectivity index (χ4v) is 1.71. The van der Waals surface area contributed by atoms with Gasteiger partial charge in [0.15, 0.2) is 6.61 Å². The summed E-state index contributed by atoms with van der Waals surface area (Å²) in [6.45, 7) is -0.486. The quantitative estimate of drug-likeness (QED) is 0.630. The summed E-state index contributed by atoms with van der Waals surface area (Å²) in [5.74, 6) is -1.87. The highest BCUT2D eigenvalue weighted by Crippen LogP contribution is 2.15. The maximum Gasteiger partial charge on any atom is 0.341 e. The van der Waals surface area contributed by atoms with Gasteiger partial charge in [0.05, 0.1) is 6.21 Å². The molecule has 118 valence electrons. The number of hydrogen-bond donors (Lipinski definition) is 2. The van der Waals surface area contributed by atoms with E-state index < -0.39 is 24.3 Å². The predicted molar refractivity (Wildman–Crippen MR) is 81.0 cm³/mol. The fraction of sp³-hybridized carbons (Fsp3) is 0.0625. The van der Waals surface area contributed by atoms with Gasteiger partial charge in [-0.25, -0.2) is 14.6 Å². The van der Waals surface area contributed by atoms with Crippen LogP contribution in [0.3, 0.4) is 0 Å². The van der Waals surface area contributed by atoms with Gasteiger partial charge < -0.3 is 9.84 Å². The summed E-state index contributed by atoms with van der Waals surface area (Å²) < 4.78 is 18.1. The first-order valence-electron chi connectivity index (χ1n) is 6.59. The standard InChI is InChI=1S/C16H13FN2O4/c17-13-6-3-5-11(8-13)16(22)19-18-9-12-4-1-2-7-14(12)23-10-15(20)21/h1-9H,10H2,(H,19,22)(H,20,21)/b18-9-. The minimum absolute atomic E-state index is 0.137. The highest BCUT2D eigenvalue weighted by atomic mass is 19.1. The average Bonchev–Trinajstić information content (AvgIpc) is 2.53. The molecule has 0 fully saturated rings. The van der Waals surface area contributed by atoms with Crippen molar-refractivity contribution in [1.29, 1.82) is 0 Å². The van der Waals surface area contributed by atoms with Gasteiger partial charge in [-0.15, -0.1) is 0 Å². The number of hydrogen-bond acceptors (Lipinski definition) is 4. The van der Waals surface area contributed by atoms with Crippen LogP contribution in [-0.2, 0) is 4.79 Å². The maximum absolute atomic E-state index is 13.0. The van der Waals surface area contributed by atoms with Gasteiger partial charge in [0.2, 0.25) is 0 Å². The highest BCUT2D eigenvalue weighted by molar-refractivity contribution is 5.95. The molecule has 1 amide bonds. The van der Waals surface area contributed by atoms with E-state index in [9.17, 15) is 14.0 Å². The number of carbonyl (C=O) groups excluding carboxylic acids is 1. The van der Waals surface area contributed by atoms with Crippen LogP contribution in [0, 0.1) is 5.82 Å². The molecule has 0 radical (unpaired) electrons. The topological polar surface area (TPSA) is 88.0 Å². The van der Waals surface area contributed by atoms with Crippen LogP contribution in [0.1, 0.15) is 15.9 Å². The van der Waals surface area contributed by atoms with Gasteiger partial charge in [0.1, 0.15) is 11.6 Å².